The van der Waals surface area contributed by atoms with Crippen molar-refractivity contribution in [1.29, 1.82) is 0 Å². The van der Waals surface area contributed by atoms with E-state index in [1.54, 1.807) is 0 Å². The summed E-state index contributed by atoms with van der Waals surface area (Å²) in [6, 6.07) is 0. The molecule has 0 bridgehead atoms. The zero-order chi connectivity index (χ0) is 10.3. The van der Waals surface area contributed by atoms with Crippen LogP contribution in [0.2, 0.25) is 0 Å². The number of thiol groups is 1. The Labute approximate surface area is 91.5 Å². The molecule has 0 saturated heterocycles. The van der Waals surface area contributed by atoms with Crippen molar-refractivity contribution in [3.05, 3.63) is 46.4 Å². The van der Waals surface area contributed by atoms with Crippen molar-refractivity contribution >= 4 is 12.6 Å². The van der Waals surface area contributed by atoms with Gasteiger partial charge < -0.3 is 0 Å². The van der Waals surface area contributed by atoms with Gasteiger partial charge in [-0.15, -0.1) is 12.6 Å². The average molecular weight is 204 g/mol. The van der Waals surface area contributed by atoms with Gasteiger partial charge in [0.15, 0.2) is 0 Å². The van der Waals surface area contributed by atoms with E-state index < -0.39 is 0 Å². The average Bonchev–Trinajstić information content (AvgIpc) is 2.70. The van der Waals surface area contributed by atoms with E-state index >= 15 is 0 Å². The van der Waals surface area contributed by atoms with Gasteiger partial charge in [0.1, 0.15) is 0 Å². The van der Waals surface area contributed by atoms with Gasteiger partial charge in [0.25, 0.3) is 0 Å². The Morgan fingerprint density at radius 3 is 3.00 bits per heavy atom. The lowest BCUT2D eigenvalue weighted by Crippen LogP contribution is -2.17. The van der Waals surface area contributed by atoms with Gasteiger partial charge in [-0.3, -0.25) is 0 Å². The van der Waals surface area contributed by atoms with Crippen LogP contribution >= 0.6 is 12.6 Å². The molecule has 2 rings (SSSR count). The fourth-order valence-corrected chi connectivity index (χ4v) is 2.75. The highest BCUT2D eigenvalue weighted by molar-refractivity contribution is 7.84. The van der Waals surface area contributed by atoms with Crippen LogP contribution in [0.4, 0.5) is 0 Å². The summed E-state index contributed by atoms with van der Waals surface area (Å²) in [4.78, 5) is 1.12. The molecule has 0 heterocycles. The maximum absolute atomic E-state index is 4.58. The minimum Gasteiger partial charge on any atom is -0.147 e. The molecule has 2 aliphatic rings. The predicted molar refractivity (Wildman–Crippen MR) is 65.4 cm³/mol. The molecule has 0 amide bonds. The van der Waals surface area contributed by atoms with Crippen molar-refractivity contribution in [3.63, 3.8) is 0 Å². The molecular formula is C13H16S. The fourth-order valence-electron chi connectivity index (χ4n) is 2.47. The van der Waals surface area contributed by atoms with Crippen LogP contribution in [0.25, 0.3) is 0 Å². The third-order valence-electron chi connectivity index (χ3n) is 3.49. The Morgan fingerprint density at radius 1 is 1.64 bits per heavy atom. The van der Waals surface area contributed by atoms with Crippen LogP contribution in [-0.2, 0) is 0 Å². The molecule has 0 N–H and O–H groups in total. The Balaban J connectivity index is 2.53. The Hall–Kier alpha value is -0.690. The van der Waals surface area contributed by atoms with Crippen LogP contribution in [-0.4, -0.2) is 0 Å². The summed E-state index contributed by atoms with van der Waals surface area (Å²) < 4.78 is 0. The fraction of sp³-hybridized carbons (Fsp3) is 0.385. The van der Waals surface area contributed by atoms with Crippen LogP contribution in [0.3, 0.4) is 0 Å². The second kappa shape index (κ2) is 3.16. The molecule has 0 saturated carbocycles. The Morgan fingerprint density at radius 2 is 2.36 bits per heavy atom. The van der Waals surface area contributed by atoms with Gasteiger partial charge in [0, 0.05) is 5.41 Å². The van der Waals surface area contributed by atoms with Crippen molar-refractivity contribution in [2.24, 2.45) is 5.41 Å². The first-order valence-electron chi connectivity index (χ1n) is 5.03. The first kappa shape index (κ1) is 9.85. The van der Waals surface area contributed by atoms with E-state index in [0.717, 1.165) is 17.7 Å². The molecule has 0 aromatic carbocycles. The molecule has 0 aliphatic heterocycles. The van der Waals surface area contributed by atoms with Crippen LogP contribution in [0.1, 0.15) is 26.7 Å². The number of hydrogen-bond donors (Lipinski definition) is 1. The summed E-state index contributed by atoms with van der Waals surface area (Å²) >= 11 is 4.58. The SMILES string of the molecule is C=C1CC2=C(C=CC2)C1(C)/C(S)=C\C. The largest absolute Gasteiger partial charge is 0.147 e. The molecule has 0 radical (unpaired) electrons. The summed E-state index contributed by atoms with van der Waals surface area (Å²) in [5.74, 6) is 0. The van der Waals surface area contributed by atoms with Crippen molar-refractivity contribution in [3.8, 4) is 0 Å². The number of hydrogen-bond acceptors (Lipinski definition) is 1. The predicted octanol–water partition coefficient (Wildman–Crippen LogP) is 4.04. The number of rotatable bonds is 1. The van der Waals surface area contributed by atoms with E-state index in [-0.39, 0.29) is 5.41 Å². The lowest BCUT2D eigenvalue weighted by Gasteiger charge is -2.28. The van der Waals surface area contributed by atoms with E-state index in [2.05, 4.69) is 44.4 Å². The quantitative estimate of drug-likeness (QED) is 0.483. The normalized spacial score (nSPS) is 31.6. The molecule has 0 aromatic rings. The van der Waals surface area contributed by atoms with Gasteiger partial charge >= 0.3 is 0 Å². The van der Waals surface area contributed by atoms with Crippen LogP contribution in [0.5, 0.6) is 0 Å². The second-order valence-corrected chi connectivity index (χ2v) is 4.68. The van der Waals surface area contributed by atoms with Crippen molar-refractivity contribution < 1.29 is 0 Å². The van der Waals surface area contributed by atoms with Crippen molar-refractivity contribution in [1.82, 2.24) is 0 Å². The van der Waals surface area contributed by atoms with Crippen molar-refractivity contribution in [2.45, 2.75) is 26.7 Å². The second-order valence-electron chi connectivity index (χ2n) is 4.20. The van der Waals surface area contributed by atoms with Crippen LogP contribution in [0, 0.1) is 5.41 Å². The van der Waals surface area contributed by atoms with Gasteiger partial charge in [-0.05, 0) is 37.2 Å². The van der Waals surface area contributed by atoms with E-state index in [1.165, 1.54) is 16.7 Å². The highest BCUT2D eigenvalue weighted by Gasteiger charge is 2.40. The van der Waals surface area contributed by atoms with Gasteiger partial charge in [-0.1, -0.05) is 36.0 Å². The lowest BCUT2D eigenvalue weighted by atomic mass is 9.79. The van der Waals surface area contributed by atoms with E-state index in [0.29, 0.717) is 0 Å². The van der Waals surface area contributed by atoms with Crippen molar-refractivity contribution in [2.75, 3.05) is 0 Å². The molecule has 1 heteroatoms. The van der Waals surface area contributed by atoms with Crippen LogP contribution in [0.15, 0.2) is 46.4 Å². The summed E-state index contributed by atoms with van der Waals surface area (Å²) in [7, 11) is 0. The van der Waals surface area contributed by atoms with E-state index in [1.807, 2.05) is 6.92 Å². The first-order chi connectivity index (χ1) is 6.60. The van der Waals surface area contributed by atoms with Gasteiger partial charge in [0.2, 0.25) is 0 Å². The molecule has 2 aliphatic carbocycles. The summed E-state index contributed by atoms with van der Waals surface area (Å²) in [5.41, 5.74) is 4.24. The first-order valence-corrected chi connectivity index (χ1v) is 5.48. The zero-order valence-corrected chi connectivity index (χ0v) is 9.70. The highest BCUT2D eigenvalue weighted by atomic mass is 32.1. The monoisotopic (exact) mass is 204 g/mol. The minimum atomic E-state index is -0.0137. The molecule has 1 unspecified atom stereocenters. The standard InChI is InChI=1S/C13H16S/c1-4-12(14)13(3)9(2)8-10-6-5-7-11(10)13/h4-5,7,14H,2,6,8H2,1,3H3/b12-4+. The highest BCUT2D eigenvalue weighted by Crippen LogP contribution is 2.55. The molecular weight excluding hydrogens is 188 g/mol. The molecule has 14 heavy (non-hydrogen) atoms. The van der Waals surface area contributed by atoms with E-state index in [9.17, 15) is 0 Å². The molecule has 74 valence electrons. The summed E-state index contributed by atoms with van der Waals surface area (Å²) in [5, 5.41) is 0. The smallest absolute Gasteiger partial charge is 0.0436 e. The molecule has 0 spiro atoms. The molecule has 0 nitrogen and oxygen atoms in total. The third-order valence-corrected chi connectivity index (χ3v) is 4.19. The molecule has 0 aromatic heterocycles. The van der Waals surface area contributed by atoms with Gasteiger partial charge in [-0.25, -0.2) is 0 Å². The van der Waals surface area contributed by atoms with E-state index in [4.69, 9.17) is 0 Å². The summed E-state index contributed by atoms with van der Waals surface area (Å²) in [6.07, 6.45) is 8.72. The molecule has 1 atom stereocenters. The lowest BCUT2D eigenvalue weighted by molar-refractivity contribution is 0.639. The maximum atomic E-state index is 4.58. The van der Waals surface area contributed by atoms with Crippen LogP contribution < -0.4 is 0 Å². The Kier molecular flexibility index (Phi) is 2.23. The number of allylic oxidation sites excluding steroid dienone is 7. The molecule has 0 fully saturated rings. The van der Waals surface area contributed by atoms with Gasteiger partial charge in [0.05, 0.1) is 0 Å². The zero-order valence-electron chi connectivity index (χ0n) is 8.80. The topological polar surface area (TPSA) is 0 Å². The minimum absolute atomic E-state index is 0.0137. The Bertz CT molecular complexity index is 382. The maximum Gasteiger partial charge on any atom is 0.0436 e. The van der Waals surface area contributed by atoms with Gasteiger partial charge in [-0.2, -0.15) is 0 Å². The summed E-state index contributed by atoms with van der Waals surface area (Å²) in [6.45, 7) is 8.47. The third kappa shape index (κ3) is 1.08.